The Morgan fingerprint density at radius 2 is 1.50 bits per heavy atom. The van der Waals surface area contributed by atoms with E-state index in [2.05, 4.69) is 58.0 Å². The maximum absolute atomic E-state index is 6.34. The van der Waals surface area contributed by atoms with Crippen LogP contribution in [0.4, 0.5) is 0 Å². The van der Waals surface area contributed by atoms with E-state index < -0.39 is 16.6 Å². The van der Waals surface area contributed by atoms with Crippen LogP contribution < -0.4 is 0 Å². The number of hydrogen-bond donors (Lipinski definition) is 0. The monoisotopic (exact) mass is 360 g/mol. The Hall–Kier alpha value is 1.35. The standard InChI is InChI=1S/C9H22Br2OSi2/c1-13(2,8-6-5-7-10)12-14(3,4)9-11/h5-9H2,1-4H3. The summed E-state index contributed by atoms with van der Waals surface area (Å²) in [6.45, 7) is 9.28. The Bertz CT molecular complexity index is 163. The second-order valence-corrected chi connectivity index (χ2v) is 16.0. The van der Waals surface area contributed by atoms with Crippen LogP contribution in [0.2, 0.25) is 32.2 Å². The van der Waals surface area contributed by atoms with Gasteiger partial charge in [0, 0.05) is 10.3 Å². The Labute approximate surface area is 108 Å². The number of alkyl halides is 2. The molecule has 86 valence electrons. The van der Waals surface area contributed by atoms with E-state index in [0.717, 1.165) is 10.3 Å². The van der Waals surface area contributed by atoms with E-state index in [0.29, 0.717) is 0 Å². The molecule has 0 fully saturated rings. The number of halogens is 2. The second kappa shape index (κ2) is 6.83. The third-order valence-corrected chi connectivity index (χ3v) is 13.3. The summed E-state index contributed by atoms with van der Waals surface area (Å²) in [5.74, 6) is 0. The molecule has 0 bridgehead atoms. The van der Waals surface area contributed by atoms with Gasteiger partial charge in [-0.05, 0) is 38.7 Å². The van der Waals surface area contributed by atoms with Crippen molar-refractivity contribution >= 4 is 48.5 Å². The Morgan fingerprint density at radius 3 is 1.93 bits per heavy atom. The van der Waals surface area contributed by atoms with Gasteiger partial charge < -0.3 is 4.12 Å². The highest BCUT2D eigenvalue weighted by Crippen LogP contribution is 2.21. The minimum Gasteiger partial charge on any atom is -0.455 e. The molecule has 0 saturated carbocycles. The molecule has 0 aromatic heterocycles. The minimum atomic E-state index is -1.41. The van der Waals surface area contributed by atoms with Crippen molar-refractivity contribution in [2.24, 2.45) is 0 Å². The van der Waals surface area contributed by atoms with Gasteiger partial charge in [0.15, 0.2) is 16.6 Å². The lowest BCUT2D eigenvalue weighted by molar-refractivity contribution is 0.542. The van der Waals surface area contributed by atoms with E-state index in [9.17, 15) is 0 Å². The molecule has 0 N–H and O–H groups in total. The number of rotatable bonds is 7. The normalized spacial score (nSPS) is 13.3. The zero-order valence-corrected chi connectivity index (χ0v) is 14.9. The first-order valence-corrected chi connectivity index (χ1v) is 13.6. The van der Waals surface area contributed by atoms with Crippen molar-refractivity contribution in [2.45, 2.75) is 45.1 Å². The molecular weight excluding hydrogens is 340 g/mol. The van der Waals surface area contributed by atoms with Gasteiger partial charge in [0.2, 0.25) is 0 Å². The van der Waals surface area contributed by atoms with Crippen molar-refractivity contribution in [1.82, 2.24) is 0 Å². The molecule has 0 aromatic rings. The van der Waals surface area contributed by atoms with Gasteiger partial charge in [0.1, 0.15) is 0 Å². The number of unbranched alkanes of at least 4 members (excludes halogenated alkanes) is 1. The predicted molar refractivity (Wildman–Crippen MR) is 77.7 cm³/mol. The molecule has 0 radical (unpaired) electrons. The summed E-state index contributed by atoms with van der Waals surface area (Å²) in [6.07, 6.45) is 2.58. The SMILES string of the molecule is C[Si](C)(CBr)O[Si](C)(C)CCCCBr. The largest absolute Gasteiger partial charge is 0.455 e. The fraction of sp³-hybridized carbons (Fsp3) is 1.00. The van der Waals surface area contributed by atoms with Crippen LogP contribution in [0.3, 0.4) is 0 Å². The molecule has 0 aliphatic heterocycles. The molecule has 0 heterocycles. The zero-order chi connectivity index (χ0) is 11.2. The van der Waals surface area contributed by atoms with Gasteiger partial charge in [-0.15, -0.1) is 0 Å². The molecule has 0 unspecified atom stereocenters. The molecule has 0 aromatic carbocycles. The summed E-state index contributed by atoms with van der Waals surface area (Å²) >= 11 is 7.02. The van der Waals surface area contributed by atoms with Crippen LogP contribution in [0, 0.1) is 0 Å². The summed E-state index contributed by atoms with van der Waals surface area (Å²) in [6, 6.07) is 1.29. The third-order valence-electron chi connectivity index (χ3n) is 2.04. The Kier molecular flexibility index (Phi) is 7.49. The first-order valence-electron chi connectivity index (χ1n) is 5.15. The predicted octanol–water partition coefficient (Wildman–Crippen LogP) is 4.52. The molecule has 1 nitrogen and oxygen atoms in total. The van der Waals surface area contributed by atoms with Gasteiger partial charge >= 0.3 is 0 Å². The Balaban J connectivity index is 3.93. The van der Waals surface area contributed by atoms with Gasteiger partial charge in [-0.25, -0.2) is 0 Å². The molecule has 0 aliphatic carbocycles. The molecule has 0 aliphatic rings. The van der Waals surface area contributed by atoms with Gasteiger partial charge in [0.25, 0.3) is 0 Å². The van der Waals surface area contributed by atoms with E-state index in [1.54, 1.807) is 0 Å². The van der Waals surface area contributed by atoms with Crippen LogP contribution >= 0.6 is 31.9 Å². The molecule has 0 saturated heterocycles. The molecule has 14 heavy (non-hydrogen) atoms. The van der Waals surface area contributed by atoms with Crippen molar-refractivity contribution in [3.63, 3.8) is 0 Å². The van der Waals surface area contributed by atoms with Crippen LogP contribution in [0.15, 0.2) is 0 Å². The van der Waals surface area contributed by atoms with E-state index in [-0.39, 0.29) is 0 Å². The third kappa shape index (κ3) is 7.62. The van der Waals surface area contributed by atoms with E-state index in [1.165, 1.54) is 18.9 Å². The topological polar surface area (TPSA) is 9.23 Å². The van der Waals surface area contributed by atoms with Crippen molar-refractivity contribution in [3.05, 3.63) is 0 Å². The molecule has 0 spiro atoms. The number of hydrogen-bond acceptors (Lipinski definition) is 1. The minimum absolute atomic E-state index is 1.05. The summed E-state index contributed by atoms with van der Waals surface area (Å²) in [4.78, 5) is 1.05. The summed E-state index contributed by atoms with van der Waals surface area (Å²) in [5.41, 5.74) is 0. The molecular formula is C9H22Br2OSi2. The van der Waals surface area contributed by atoms with Crippen LogP contribution in [-0.2, 0) is 4.12 Å². The van der Waals surface area contributed by atoms with Crippen LogP contribution in [0.25, 0.3) is 0 Å². The summed E-state index contributed by atoms with van der Waals surface area (Å²) in [7, 11) is -2.79. The van der Waals surface area contributed by atoms with Gasteiger partial charge in [-0.3, -0.25) is 0 Å². The van der Waals surface area contributed by atoms with E-state index >= 15 is 0 Å². The lowest BCUT2D eigenvalue weighted by atomic mass is 10.4. The average molecular weight is 362 g/mol. The highest BCUT2D eigenvalue weighted by molar-refractivity contribution is 9.09. The Morgan fingerprint density at radius 1 is 0.929 bits per heavy atom. The van der Waals surface area contributed by atoms with Crippen molar-refractivity contribution < 1.29 is 4.12 Å². The molecule has 5 heteroatoms. The van der Waals surface area contributed by atoms with Gasteiger partial charge in [-0.2, -0.15) is 0 Å². The van der Waals surface area contributed by atoms with Gasteiger partial charge in [0.05, 0.1) is 0 Å². The highest BCUT2D eigenvalue weighted by Gasteiger charge is 2.31. The molecule has 0 amide bonds. The lowest BCUT2D eigenvalue weighted by Crippen LogP contribution is -2.45. The maximum Gasteiger partial charge on any atom is 0.184 e. The van der Waals surface area contributed by atoms with Crippen LogP contribution in [-0.4, -0.2) is 26.9 Å². The van der Waals surface area contributed by atoms with Crippen molar-refractivity contribution in [3.8, 4) is 0 Å². The molecule has 0 atom stereocenters. The smallest absolute Gasteiger partial charge is 0.184 e. The first-order chi connectivity index (χ1) is 6.33. The van der Waals surface area contributed by atoms with Crippen LogP contribution in [0.5, 0.6) is 0 Å². The fourth-order valence-corrected chi connectivity index (χ4v) is 10.6. The highest BCUT2D eigenvalue weighted by atomic mass is 79.9. The molecule has 0 rings (SSSR count). The lowest BCUT2D eigenvalue weighted by Gasteiger charge is -2.32. The van der Waals surface area contributed by atoms with Gasteiger partial charge in [-0.1, -0.05) is 38.3 Å². The van der Waals surface area contributed by atoms with Crippen LogP contribution in [0.1, 0.15) is 12.8 Å². The summed E-state index contributed by atoms with van der Waals surface area (Å²) < 4.78 is 6.34. The average Bonchev–Trinajstić information content (AvgIpc) is 2.03. The maximum atomic E-state index is 6.34. The first kappa shape index (κ1) is 15.4. The summed E-state index contributed by atoms with van der Waals surface area (Å²) in [5, 5.41) is 1.12. The fourth-order valence-electron chi connectivity index (χ4n) is 1.47. The van der Waals surface area contributed by atoms with E-state index in [1.807, 2.05) is 0 Å². The second-order valence-electron chi connectivity index (χ2n) is 4.90. The zero-order valence-electron chi connectivity index (χ0n) is 9.70. The van der Waals surface area contributed by atoms with Crippen molar-refractivity contribution in [1.29, 1.82) is 0 Å². The van der Waals surface area contributed by atoms with Crippen molar-refractivity contribution in [2.75, 3.05) is 10.3 Å². The van der Waals surface area contributed by atoms with E-state index in [4.69, 9.17) is 4.12 Å². The quantitative estimate of drug-likeness (QED) is 0.368.